The van der Waals surface area contributed by atoms with Gasteiger partial charge in [-0.2, -0.15) is 0 Å². The predicted molar refractivity (Wildman–Crippen MR) is 308 cm³/mol. The molecule has 3 aromatic carbocycles. The van der Waals surface area contributed by atoms with Crippen LogP contribution in [-0.2, 0) is 62.4 Å². The lowest BCUT2D eigenvalue weighted by atomic mass is 9.92. The lowest BCUT2D eigenvalue weighted by Crippen LogP contribution is -2.54. The van der Waals surface area contributed by atoms with Crippen molar-refractivity contribution in [3.05, 3.63) is 121 Å². The molecule has 0 amide bonds. The Labute approximate surface area is 462 Å². The number of hydrogen-bond donors (Lipinski definition) is 1. The van der Waals surface area contributed by atoms with Crippen molar-refractivity contribution in [2.24, 2.45) is 11.8 Å². The molecule has 5 fully saturated rings. The Morgan fingerprint density at radius 1 is 0.507 bits per heavy atom. The van der Waals surface area contributed by atoms with Crippen molar-refractivity contribution in [2.75, 3.05) is 59.2 Å². The topological polar surface area (TPSA) is 127 Å². The summed E-state index contributed by atoms with van der Waals surface area (Å²) in [6.07, 6.45) is 11.8. The third kappa shape index (κ3) is 15.0. The first-order valence-electron chi connectivity index (χ1n) is 27.3. The van der Waals surface area contributed by atoms with E-state index in [0.717, 1.165) is 172 Å². The highest BCUT2D eigenvalue weighted by molar-refractivity contribution is 7.12. The fourth-order valence-corrected chi connectivity index (χ4v) is 13.7. The number of carbonyl (C=O) groups excluding carboxylic acids is 3. The van der Waals surface area contributed by atoms with E-state index in [1.165, 1.54) is 14.6 Å². The Hall–Kier alpha value is -4.35. The van der Waals surface area contributed by atoms with E-state index in [9.17, 15) is 14.4 Å². The molecule has 11 rings (SSSR count). The van der Waals surface area contributed by atoms with Gasteiger partial charge in [0.15, 0.2) is 17.3 Å². The number of benzene rings is 3. The van der Waals surface area contributed by atoms with Gasteiger partial charge in [0, 0.05) is 83.9 Å². The summed E-state index contributed by atoms with van der Waals surface area (Å²) in [5.41, 5.74) is 6.59. The van der Waals surface area contributed by atoms with Gasteiger partial charge in [-0.15, -0.1) is 46.4 Å². The van der Waals surface area contributed by atoms with Gasteiger partial charge < -0.3 is 14.8 Å². The molecule has 3 atom stereocenters. The smallest absolute Gasteiger partial charge is 0.156 e. The first-order chi connectivity index (χ1) is 36.3. The predicted octanol–water partition coefficient (Wildman–Crippen LogP) is 11.2. The minimum atomic E-state index is 0. The second-order valence-corrected chi connectivity index (χ2v) is 23.7. The number of aromatic nitrogens is 3. The number of ether oxygens (including phenoxy) is 2. The van der Waals surface area contributed by atoms with Gasteiger partial charge in [0.05, 0.1) is 54.5 Å². The normalized spacial score (nSPS) is 20.0. The number of rotatable bonds is 19. The van der Waals surface area contributed by atoms with Crippen molar-refractivity contribution >= 4 is 63.8 Å². The van der Waals surface area contributed by atoms with Crippen LogP contribution in [0.15, 0.2) is 91.0 Å². The van der Waals surface area contributed by atoms with Gasteiger partial charge in [-0.1, -0.05) is 112 Å². The van der Waals surface area contributed by atoms with Gasteiger partial charge in [-0.25, -0.2) is 15.0 Å². The SMILES string of the molecule is CCc1sc(CC(=O)[C@@H]2CCN2)nc1-c1ccccc1.CCc1sc(CC(=O)[C@@H]2CCN2CC2CCOCC2)nc1-c1ccccc1.CCc1sc(CC(=O)[C@@H]2CCN2CC2CCOCC2)nc1-c1ccccc1.Cl. The summed E-state index contributed by atoms with van der Waals surface area (Å²) in [5, 5.41) is 6.04. The van der Waals surface area contributed by atoms with Crippen LogP contribution in [0.2, 0.25) is 0 Å². The summed E-state index contributed by atoms with van der Waals surface area (Å²) in [7, 11) is 0. The number of nitrogens with one attached hydrogen (secondary N) is 1. The Morgan fingerprint density at radius 3 is 1.12 bits per heavy atom. The summed E-state index contributed by atoms with van der Waals surface area (Å²) in [6, 6.07) is 31.1. The molecule has 0 bridgehead atoms. The number of hydrogen-bond acceptors (Lipinski definition) is 14. The molecule has 5 aliphatic rings. The standard InChI is InChI=1S/2C22H28N2O2S.C16H18N2OS.ClH/c2*1-2-20-22(17-6-4-3-5-7-17)23-21(27-20)14-19(25)18-8-11-24(18)15-16-9-12-26-13-10-16;1-2-14-16(11-6-4-3-5-7-11)18-15(20-14)10-13(19)12-8-9-17-12;/h2*3-7,16,18H,2,8-15H2,1H3;3-7,12,17H,2,8-10H2,1H3;1H/t2*18-;12-;/m000./s1. The molecule has 15 heteroatoms. The van der Waals surface area contributed by atoms with Gasteiger partial charge in [0.1, 0.15) is 15.0 Å². The summed E-state index contributed by atoms with van der Waals surface area (Å²) in [4.78, 5) is 60.8. The van der Waals surface area contributed by atoms with E-state index in [2.05, 4.69) is 72.3 Å². The van der Waals surface area contributed by atoms with Crippen molar-refractivity contribution in [2.45, 2.75) is 122 Å². The Balaban J connectivity index is 0.000000150. The number of aryl methyl sites for hydroxylation is 3. The highest BCUT2D eigenvalue weighted by atomic mass is 35.5. The van der Waals surface area contributed by atoms with E-state index in [4.69, 9.17) is 24.4 Å². The van der Waals surface area contributed by atoms with E-state index in [1.54, 1.807) is 34.0 Å². The maximum atomic E-state index is 12.9. The Morgan fingerprint density at radius 2 is 0.840 bits per heavy atom. The number of ketones is 3. The molecule has 11 nitrogen and oxygen atoms in total. The highest BCUT2D eigenvalue weighted by Gasteiger charge is 2.37. The lowest BCUT2D eigenvalue weighted by Gasteiger charge is -2.42. The third-order valence-electron chi connectivity index (χ3n) is 15.2. The number of nitrogens with zero attached hydrogens (tertiary/aromatic N) is 5. The molecule has 5 saturated heterocycles. The van der Waals surface area contributed by atoms with Crippen molar-refractivity contribution < 1.29 is 23.9 Å². The lowest BCUT2D eigenvalue weighted by molar-refractivity contribution is -0.129. The van der Waals surface area contributed by atoms with Crippen LogP contribution in [0.1, 0.15) is 95.4 Å². The molecule has 0 unspecified atom stereocenters. The fourth-order valence-electron chi connectivity index (χ4n) is 10.6. The molecule has 75 heavy (non-hydrogen) atoms. The van der Waals surface area contributed by atoms with E-state index in [0.29, 0.717) is 42.7 Å². The first kappa shape index (κ1) is 56.8. The van der Waals surface area contributed by atoms with Crippen LogP contribution >= 0.6 is 46.4 Å². The zero-order valence-electron chi connectivity index (χ0n) is 44.0. The average Bonchev–Trinajstić information content (AvgIpc) is 4.14. The zero-order chi connectivity index (χ0) is 51.2. The average molecular weight is 1090 g/mol. The van der Waals surface area contributed by atoms with Crippen molar-refractivity contribution in [1.82, 2.24) is 30.1 Å². The largest absolute Gasteiger partial charge is 0.381 e. The molecule has 0 spiro atoms. The van der Waals surface area contributed by atoms with Gasteiger partial charge >= 0.3 is 0 Å². The van der Waals surface area contributed by atoms with Crippen LogP contribution in [0, 0.1) is 11.8 Å². The van der Waals surface area contributed by atoms with Gasteiger partial charge in [0.2, 0.25) is 0 Å². The minimum Gasteiger partial charge on any atom is -0.381 e. The van der Waals surface area contributed by atoms with Crippen molar-refractivity contribution in [1.29, 1.82) is 0 Å². The maximum absolute atomic E-state index is 12.9. The second-order valence-electron chi connectivity index (χ2n) is 20.2. The van der Waals surface area contributed by atoms with Gasteiger partial charge in [-0.05, 0) is 82.6 Å². The summed E-state index contributed by atoms with van der Waals surface area (Å²) in [5.74, 6) is 2.32. The van der Waals surface area contributed by atoms with Crippen molar-refractivity contribution in [3.8, 4) is 33.8 Å². The van der Waals surface area contributed by atoms with E-state index < -0.39 is 0 Å². The summed E-state index contributed by atoms with van der Waals surface area (Å²) < 4.78 is 10.9. The highest BCUT2D eigenvalue weighted by Crippen LogP contribution is 2.34. The number of carbonyl (C=O) groups is 3. The zero-order valence-corrected chi connectivity index (χ0v) is 47.3. The van der Waals surface area contributed by atoms with Crippen LogP contribution in [0.5, 0.6) is 0 Å². The molecule has 8 heterocycles. The molecule has 5 aliphatic heterocycles. The molecule has 0 saturated carbocycles. The Kier molecular flexibility index (Phi) is 21.5. The van der Waals surface area contributed by atoms with Gasteiger partial charge in [-0.3, -0.25) is 24.2 Å². The second kappa shape index (κ2) is 28.3. The number of Topliss-reactive ketones (excluding diaryl/α,β-unsaturated/α-hetero) is 3. The van der Waals surface area contributed by atoms with E-state index >= 15 is 0 Å². The van der Waals surface area contributed by atoms with Crippen molar-refractivity contribution in [3.63, 3.8) is 0 Å². The van der Waals surface area contributed by atoms with Crippen LogP contribution < -0.4 is 5.32 Å². The molecular formula is C60H75ClN6O5S3. The molecule has 400 valence electrons. The maximum Gasteiger partial charge on any atom is 0.156 e. The third-order valence-corrected chi connectivity index (χ3v) is 18.8. The monoisotopic (exact) mass is 1090 g/mol. The van der Waals surface area contributed by atoms with E-state index in [-0.39, 0.29) is 36.3 Å². The molecule has 1 N–H and O–H groups in total. The van der Waals surface area contributed by atoms with Crippen LogP contribution in [-0.4, -0.2) is 119 Å². The molecule has 0 aliphatic carbocycles. The fraction of sp³-hybridized carbons (Fsp3) is 0.500. The summed E-state index contributed by atoms with van der Waals surface area (Å²) >= 11 is 5.08. The minimum absolute atomic E-state index is 0. The van der Waals surface area contributed by atoms with Crippen LogP contribution in [0.4, 0.5) is 0 Å². The van der Waals surface area contributed by atoms with Gasteiger partial charge in [0.25, 0.3) is 0 Å². The number of likely N-dealkylation sites (tertiary alicyclic amines) is 2. The Bertz CT molecular complexity index is 2600. The molecule has 3 aromatic heterocycles. The quantitative estimate of drug-likeness (QED) is 0.0833. The molecular weight excluding hydrogens is 1020 g/mol. The van der Waals surface area contributed by atoms with Crippen LogP contribution in [0.25, 0.3) is 33.8 Å². The van der Waals surface area contributed by atoms with E-state index in [1.807, 2.05) is 54.6 Å². The molecule has 0 radical (unpaired) electrons. The summed E-state index contributed by atoms with van der Waals surface area (Å²) in [6.45, 7) is 15.1. The number of thiazole rings is 3. The number of halogens is 1. The molecule has 6 aromatic rings. The van der Waals surface area contributed by atoms with Crippen LogP contribution in [0.3, 0.4) is 0 Å². The first-order valence-corrected chi connectivity index (χ1v) is 29.8.